The van der Waals surface area contributed by atoms with Crippen LogP contribution in [-0.2, 0) is 10.0 Å². The molecule has 21 heavy (non-hydrogen) atoms. The zero-order valence-electron chi connectivity index (χ0n) is 12.1. The van der Waals surface area contributed by atoms with Crippen LogP contribution in [0.3, 0.4) is 0 Å². The van der Waals surface area contributed by atoms with Gasteiger partial charge in [0, 0.05) is 32.3 Å². The number of sulfonamides is 1. The maximum atomic E-state index is 12.8. The Morgan fingerprint density at radius 2 is 2.14 bits per heavy atom. The maximum Gasteiger partial charge on any atom is 0.270 e. The van der Waals surface area contributed by atoms with Crippen LogP contribution in [0.25, 0.3) is 0 Å². The predicted octanol–water partition coefficient (Wildman–Crippen LogP) is 2.06. The summed E-state index contributed by atoms with van der Waals surface area (Å²) in [6.07, 6.45) is 1.81. The molecule has 0 saturated carbocycles. The molecule has 7 nitrogen and oxygen atoms in total. The van der Waals surface area contributed by atoms with E-state index in [0.29, 0.717) is 24.7 Å². The predicted molar refractivity (Wildman–Crippen MR) is 79.8 cm³/mol. The first kappa shape index (κ1) is 15.7. The molecule has 1 heterocycles. The Labute approximate surface area is 124 Å². The third-order valence-corrected chi connectivity index (χ3v) is 5.59. The molecule has 0 radical (unpaired) electrons. The second-order valence-electron chi connectivity index (χ2n) is 5.30. The van der Waals surface area contributed by atoms with Crippen LogP contribution >= 0.6 is 0 Å². The van der Waals surface area contributed by atoms with Gasteiger partial charge in [0.2, 0.25) is 10.0 Å². The van der Waals surface area contributed by atoms with Gasteiger partial charge in [0.05, 0.1) is 10.6 Å². The van der Waals surface area contributed by atoms with Gasteiger partial charge in [-0.1, -0.05) is 6.92 Å². The Hall–Kier alpha value is -1.67. The third-order valence-electron chi connectivity index (χ3n) is 3.68. The summed E-state index contributed by atoms with van der Waals surface area (Å²) in [4.78, 5) is 10.3. The van der Waals surface area contributed by atoms with E-state index in [-0.39, 0.29) is 10.6 Å². The summed E-state index contributed by atoms with van der Waals surface area (Å²) in [5, 5.41) is 13.7. The molecule has 1 aromatic carbocycles. The van der Waals surface area contributed by atoms with Crippen LogP contribution in [0.2, 0.25) is 0 Å². The van der Waals surface area contributed by atoms with Crippen LogP contribution in [0.15, 0.2) is 23.1 Å². The minimum atomic E-state index is -3.73. The van der Waals surface area contributed by atoms with E-state index in [1.165, 1.54) is 16.4 Å². The van der Waals surface area contributed by atoms with Crippen molar-refractivity contribution >= 4 is 21.4 Å². The standard InChI is InChI=1S/C13H19N3O4S/c1-10-4-3-7-15(9-10)21(19,20)13-8-11(16(17)18)5-6-12(13)14-2/h5-6,8,10,14H,3-4,7,9H2,1-2H3. The largest absolute Gasteiger partial charge is 0.387 e. The number of nitro benzene ring substituents is 1. The van der Waals surface area contributed by atoms with Gasteiger partial charge in [0.25, 0.3) is 5.69 Å². The van der Waals surface area contributed by atoms with Gasteiger partial charge in [-0.05, 0) is 24.8 Å². The molecule has 1 saturated heterocycles. The average molecular weight is 313 g/mol. The highest BCUT2D eigenvalue weighted by atomic mass is 32.2. The van der Waals surface area contributed by atoms with Crippen molar-refractivity contribution in [2.75, 3.05) is 25.5 Å². The molecule has 1 aliphatic heterocycles. The molecule has 0 spiro atoms. The number of nitrogens with zero attached hydrogens (tertiary/aromatic N) is 2. The lowest BCUT2D eigenvalue weighted by Crippen LogP contribution is -2.39. The average Bonchev–Trinajstić information content (AvgIpc) is 2.46. The molecule has 1 fully saturated rings. The summed E-state index contributed by atoms with van der Waals surface area (Å²) in [5.74, 6) is 0.297. The van der Waals surface area contributed by atoms with Crippen molar-refractivity contribution in [3.63, 3.8) is 0 Å². The SMILES string of the molecule is CNc1ccc([N+](=O)[O-])cc1S(=O)(=O)N1CCCC(C)C1. The topological polar surface area (TPSA) is 92.5 Å². The van der Waals surface area contributed by atoms with E-state index >= 15 is 0 Å². The molecule has 1 atom stereocenters. The van der Waals surface area contributed by atoms with E-state index in [0.717, 1.165) is 18.9 Å². The molecule has 1 aliphatic rings. The fourth-order valence-corrected chi connectivity index (χ4v) is 4.36. The molecule has 0 aromatic heterocycles. The number of hydrogen-bond acceptors (Lipinski definition) is 5. The van der Waals surface area contributed by atoms with Crippen molar-refractivity contribution in [3.8, 4) is 0 Å². The summed E-state index contributed by atoms with van der Waals surface area (Å²) in [5.41, 5.74) is 0.149. The Morgan fingerprint density at radius 3 is 2.71 bits per heavy atom. The van der Waals surface area contributed by atoms with Gasteiger partial charge >= 0.3 is 0 Å². The van der Waals surface area contributed by atoms with Crippen LogP contribution < -0.4 is 5.32 Å². The summed E-state index contributed by atoms with van der Waals surface area (Å²) < 4.78 is 26.9. The molecule has 0 bridgehead atoms. The van der Waals surface area contributed by atoms with Gasteiger partial charge in [-0.15, -0.1) is 0 Å². The van der Waals surface area contributed by atoms with E-state index in [4.69, 9.17) is 0 Å². The first-order valence-electron chi connectivity index (χ1n) is 6.82. The second-order valence-corrected chi connectivity index (χ2v) is 7.20. The van der Waals surface area contributed by atoms with Crippen LogP contribution in [0, 0.1) is 16.0 Å². The number of anilines is 1. The van der Waals surface area contributed by atoms with E-state index in [9.17, 15) is 18.5 Å². The monoisotopic (exact) mass is 313 g/mol. The summed E-state index contributed by atoms with van der Waals surface area (Å²) in [6, 6.07) is 3.85. The smallest absolute Gasteiger partial charge is 0.270 e. The first-order chi connectivity index (χ1) is 9.86. The Bertz CT molecular complexity index is 645. The zero-order valence-corrected chi connectivity index (χ0v) is 12.9. The van der Waals surface area contributed by atoms with Gasteiger partial charge < -0.3 is 5.32 Å². The number of piperidine rings is 1. The molecule has 0 amide bonds. The minimum absolute atomic E-state index is 0.0340. The summed E-state index contributed by atoms with van der Waals surface area (Å²) >= 11 is 0. The summed E-state index contributed by atoms with van der Waals surface area (Å²) in [7, 11) is -2.13. The van der Waals surface area contributed by atoms with E-state index < -0.39 is 14.9 Å². The highest BCUT2D eigenvalue weighted by molar-refractivity contribution is 7.89. The molecule has 1 aromatic rings. The van der Waals surface area contributed by atoms with Gasteiger partial charge in [0.1, 0.15) is 4.90 Å². The van der Waals surface area contributed by atoms with Gasteiger partial charge in [-0.3, -0.25) is 10.1 Å². The lowest BCUT2D eigenvalue weighted by Gasteiger charge is -2.30. The lowest BCUT2D eigenvalue weighted by molar-refractivity contribution is -0.385. The lowest BCUT2D eigenvalue weighted by atomic mass is 10.0. The van der Waals surface area contributed by atoms with Crippen molar-refractivity contribution < 1.29 is 13.3 Å². The number of non-ortho nitro benzene ring substituents is 1. The van der Waals surface area contributed by atoms with Crippen molar-refractivity contribution in [2.45, 2.75) is 24.7 Å². The number of benzene rings is 1. The Morgan fingerprint density at radius 1 is 1.43 bits per heavy atom. The molecule has 0 aliphatic carbocycles. The molecule has 1 N–H and O–H groups in total. The molecule has 2 rings (SSSR count). The van der Waals surface area contributed by atoms with E-state index in [1.807, 2.05) is 6.92 Å². The number of nitrogens with one attached hydrogen (secondary N) is 1. The van der Waals surface area contributed by atoms with E-state index in [2.05, 4.69) is 5.32 Å². The van der Waals surface area contributed by atoms with Crippen LogP contribution in [-0.4, -0.2) is 37.8 Å². The van der Waals surface area contributed by atoms with Crippen molar-refractivity contribution in [1.82, 2.24) is 4.31 Å². The summed E-state index contributed by atoms with van der Waals surface area (Å²) in [6.45, 7) is 2.92. The fraction of sp³-hybridized carbons (Fsp3) is 0.538. The minimum Gasteiger partial charge on any atom is -0.387 e. The number of hydrogen-bond donors (Lipinski definition) is 1. The Balaban J connectivity index is 2.47. The number of nitro groups is 1. The van der Waals surface area contributed by atoms with Gasteiger partial charge in [-0.25, -0.2) is 8.42 Å². The highest BCUT2D eigenvalue weighted by Crippen LogP contribution is 2.30. The second kappa shape index (κ2) is 5.98. The third kappa shape index (κ3) is 3.16. The van der Waals surface area contributed by atoms with Gasteiger partial charge in [0.15, 0.2) is 0 Å². The quantitative estimate of drug-likeness (QED) is 0.678. The molecule has 8 heteroatoms. The van der Waals surface area contributed by atoms with Gasteiger partial charge in [-0.2, -0.15) is 4.31 Å². The first-order valence-corrected chi connectivity index (χ1v) is 8.26. The van der Waals surface area contributed by atoms with E-state index in [1.54, 1.807) is 7.05 Å². The molecular weight excluding hydrogens is 294 g/mol. The van der Waals surface area contributed by atoms with Crippen molar-refractivity contribution in [3.05, 3.63) is 28.3 Å². The molecule has 116 valence electrons. The zero-order chi connectivity index (χ0) is 15.6. The van der Waals surface area contributed by atoms with Crippen LogP contribution in [0.5, 0.6) is 0 Å². The fourth-order valence-electron chi connectivity index (χ4n) is 2.55. The molecule has 1 unspecified atom stereocenters. The molecular formula is C13H19N3O4S. The highest BCUT2D eigenvalue weighted by Gasteiger charge is 2.31. The van der Waals surface area contributed by atoms with Crippen molar-refractivity contribution in [1.29, 1.82) is 0 Å². The normalized spacial score (nSPS) is 20.2. The van der Waals surface area contributed by atoms with Crippen LogP contribution in [0.4, 0.5) is 11.4 Å². The van der Waals surface area contributed by atoms with Crippen LogP contribution in [0.1, 0.15) is 19.8 Å². The Kier molecular flexibility index (Phi) is 4.48. The maximum absolute atomic E-state index is 12.8. The number of rotatable bonds is 4. The van der Waals surface area contributed by atoms with Crippen molar-refractivity contribution in [2.24, 2.45) is 5.92 Å².